The zero-order valence-electron chi connectivity index (χ0n) is 9.53. The van der Waals surface area contributed by atoms with Crippen LogP contribution in [-0.4, -0.2) is 23.8 Å². The van der Waals surface area contributed by atoms with E-state index in [-0.39, 0.29) is 6.61 Å². The van der Waals surface area contributed by atoms with Gasteiger partial charge in [-0.05, 0) is 32.8 Å². The molecule has 5 nitrogen and oxygen atoms in total. The summed E-state index contributed by atoms with van der Waals surface area (Å²) in [5.41, 5.74) is 6.14. The molecule has 0 aliphatic rings. The Kier molecular flexibility index (Phi) is 6.67. The highest BCUT2D eigenvalue weighted by atomic mass is 16.5. The Morgan fingerprint density at radius 3 is 2.44 bits per heavy atom. The van der Waals surface area contributed by atoms with Crippen LogP contribution in [-0.2, 0) is 9.53 Å². The first-order valence-corrected chi connectivity index (χ1v) is 4.91. The lowest BCUT2D eigenvalue weighted by Gasteiger charge is -2.00. The highest BCUT2D eigenvalue weighted by Gasteiger charge is 1.98. The molecule has 0 radical (unpaired) electrons. The molecule has 0 bridgehead atoms. The molecule has 0 aliphatic heterocycles. The van der Waals surface area contributed by atoms with Crippen molar-refractivity contribution in [3.8, 4) is 0 Å². The molecule has 0 aromatic carbocycles. The zero-order chi connectivity index (χ0) is 12.6. The molecule has 0 fully saturated rings. The average molecular weight is 227 g/mol. The molecule has 3 N–H and O–H groups in total. The van der Waals surface area contributed by atoms with Crippen molar-refractivity contribution in [1.82, 2.24) is 0 Å². The van der Waals surface area contributed by atoms with Crippen LogP contribution in [0.2, 0.25) is 0 Å². The molecule has 0 unspecified atom stereocenters. The van der Waals surface area contributed by atoms with Crippen molar-refractivity contribution in [3.05, 3.63) is 23.3 Å². The van der Waals surface area contributed by atoms with Crippen molar-refractivity contribution in [3.63, 3.8) is 0 Å². The monoisotopic (exact) mass is 227 g/mol. The Balaban J connectivity index is 3.89. The van der Waals surface area contributed by atoms with Crippen molar-refractivity contribution in [1.29, 1.82) is 0 Å². The quantitative estimate of drug-likeness (QED) is 0.535. The Morgan fingerprint density at radius 2 is 1.94 bits per heavy atom. The highest BCUT2D eigenvalue weighted by molar-refractivity contribution is 5.85. The summed E-state index contributed by atoms with van der Waals surface area (Å²) in [6.45, 7) is 3.59. The first kappa shape index (κ1) is 14.2. The topological polar surface area (TPSA) is 89.6 Å². The first-order chi connectivity index (χ1) is 7.43. The molecule has 5 heteroatoms. The Labute approximate surface area is 94.6 Å². The fourth-order valence-electron chi connectivity index (χ4n) is 0.972. The van der Waals surface area contributed by atoms with Crippen LogP contribution in [0.1, 0.15) is 26.7 Å². The summed E-state index contributed by atoms with van der Waals surface area (Å²) in [5, 5.41) is 8.60. The van der Waals surface area contributed by atoms with Crippen LogP contribution in [0.15, 0.2) is 23.3 Å². The van der Waals surface area contributed by atoms with E-state index in [0.717, 1.165) is 12.0 Å². The van der Waals surface area contributed by atoms with E-state index in [4.69, 9.17) is 10.8 Å². The molecular formula is C11H17NO4. The maximum absolute atomic E-state index is 10.5. The van der Waals surface area contributed by atoms with Gasteiger partial charge in [-0.25, -0.2) is 9.59 Å². The molecule has 0 aliphatic carbocycles. The third kappa shape index (κ3) is 7.61. The molecule has 0 atom stereocenters. The van der Waals surface area contributed by atoms with Crippen LogP contribution in [0.3, 0.4) is 0 Å². The van der Waals surface area contributed by atoms with Gasteiger partial charge in [-0.15, -0.1) is 0 Å². The van der Waals surface area contributed by atoms with Gasteiger partial charge < -0.3 is 15.6 Å². The SMILES string of the molecule is C/C(=C\COC(N)=O)CC/C=C(\C)C(=O)O. The second-order valence-electron chi connectivity index (χ2n) is 3.41. The Bertz CT molecular complexity index is 318. The van der Waals surface area contributed by atoms with Gasteiger partial charge in [-0.3, -0.25) is 0 Å². The standard InChI is InChI=1S/C11H17NO4/c1-8(6-7-16-11(12)15)4-3-5-9(2)10(13)14/h5-6H,3-4,7H2,1-2H3,(H2,12,15)(H,13,14)/b8-6+,9-5+. The van der Waals surface area contributed by atoms with Crippen LogP contribution >= 0.6 is 0 Å². The normalized spacial score (nSPS) is 12.4. The number of ether oxygens (including phenoxy) is 1. The summed E-state index contributed by atoms with van der Waals surface area (Å²) in [7, 11) is 0. The number of carboxylic acid groups (broad SMARTS) is 1. The van der Waals surface area contributed by atoms with Gasteiger partial charge in [-0.2, -0.15) is 0 Å². The van der Waals surface area contributed by atoms with Gasteiger partial charge in [0.05, 0.1) is 0 Å². The second kappa shape index (κ2) is 7.50. The fraction of sp³-hybridized carbons (Fsp3) is 0.455. The molecule has 1 amide bonds. The van der Waals surface area contributed by atoms with Gasteiger partial charge >= 0.3 is 12.1 Å². The van der Waals surface area contributed by atoms with Gasteiger partial charge in [0.2, 0.25) is 0 Å². The molecular weight excluding hydrogens is 210 g/mol. The number of hydrogen-bond acceptors (Lipinski definition) is 3. The summed E-state index contributed by atoms with van der Waals surface area (Å²) in [6, 6.07) is 0. The number of nitrogens with two attached hydrogens (primary N) is 1. The number of rotatable bonds is 6. The van der Waals surface area contributed by atoms with Gasteiger partial charge in [0.1, 0.15) is 6.61 Å². The molecule has 0 heterocycles. The predicted molar refractivity (Wildman–Crippen MR) is 59.9 cm³/mol. The van der Waals surface area contributed by atoms with Crippen molar-refractivity contribution in [2.75, 3.05) is 6.61 Å². The molecule has 90 valence electrons. The van der Waals surface area contributed by atoms with E-state index in [9.17, 15) is 9.59 Å². The average Bonchev–Trinajstić information content (AvgIpc) is 2.16. The summed E-state index contributed by atoms with van der Waals surface area (Å²) in [5.74, 6) is -0.904. The third-order valence-corrected chi connectivity index (χ3v) is 1.98. The van der Waals surface area contributed by atoms with Crippen molar-refractivity contribution < 1.29 is 19.4 Å². The molecule has 0 aromatic heterocycles. The minimum atomic E-state index is -0.904. The number of allylic oxidation sites excluding steroid dienone is 2. The highest BCUT2D eigenvalue weighted by Crippen LogP contribution is 2.06. The van der Waals surface area contributed by atoms with E-state index in [1.807, 2.05) is 6.92 Å². The summed E-state index contributed by atoms with van der Waals surface area (Å²) in [4.78, 5) is 20.7. The van der Waals surface area contributed by atoms with E-state index in [0.29, 0.717) is 12.0 Å². The number of hydrogen-bond donors (Lipinski definition) is 2. The lowest BCUT2D eigenvalue weighted by Crippen LogP contribution is -2.12. The van der Waals surface area contributed by atoms with E-state index in [1.165, 1.54) is 0 Å². The van der Waals surface area contributed by atoms with Crippen LogP contribution in [0.25, 0.3) is 0 Å². The van der Waals surface area contributed by atoms with Crippen molar-refractivity contribution >= 4 is 12.1 Å². The lowest BCUT2D eigenvalue weighted by molar-refractivity contribution is -0.132. The summed E-state index contributed by atoms with van der Waals surface area (Å²) in [6.07, 6.45) is 3.98. The van der Waals surface area contributed by atoms with E-state index in [1.54, 1.807) is 19.1 Å². The summed E-state index contributed by atoms with van der Waals surface area (Å²) < 4.78 is 4.53. The van der Waals surface area contributed by atoms with Gasteiger partial charge in [0.25, 0.3) is 0 Å². The predicted octanol–water partition coefficient (Wildman–Crippen LogP) is 1.84. The van der Waals surface area contributed by atoms with E-state index >= 15 is 0 Å². The zero-order valence-corrected chi connectivity index (χ0v) is 9.53. The number of primary amides is 1. The summed E-state index contributed by atoms with van der Waals surface area (Å²) >= 11 is 0. The molecule has 0 spiro atoms. The Morgan fingerprint density at radius 1 is 1.31 bits per heavy atom. The van der Waals surface area contributed by atoms with Gasteiger partial charge in [-0.1, -0.05) is 11.6 Å². The number of carbonyl (C=O) groups is 2. The molecule has 0 rings (SSSR count). The van der Waals surface area contributed by atoms with Crippen LogP contribution in [0, 0.1) is 0 Å². The number of carbonyl (C=O) groups excluding carboxylic acids is 1. The van der Waals surface area contributed by atoms with Crippen LogP contribution in [0.4, 0.5) is 4.79 Å². The minimum Gasteiger partial charge on any atom is -0.478 e. The molecule has 16 heavy (non-hydrogen) atoms. The maximum Gasteiger partial charge on any atom is 0.404 e. The second-order valence-corrected chi connectivity index (χ2v) is 3.41. The molecule has 0 aromatic rings. The van der Waals surface area contributed by atoms with E-state index < -0.39 is 12.1 Å². The third-order valence-electron chi connectivity index (χ3n) is 1.98. The lowest BCUT2D eigenvalue weighted by atomic mass is 10.1. The first-order valence-electron chi connectivity index (χ1n) is 4.91. The number of aliphatic carboxylic acids is 1. The maximum atomic E-state index is 10.5. The Hall–Kier alpha value is -1.78. The number of carboxylic acids is 1. The van der Waals surface area contributed by atoms with Crippen molar-refractivity contribution in [2.24, 2.45) is 5.73 Å². The smallest absolute Gasteiger partial charge is 0.404 e. The van der Waals surface area contributed by atoms with Crippen LogP contribution < -0.4 is 5.73 Å². The largest absolute Gasteiger partial charge is 0.478 e. The number of amides is 1. The minimum absolute atomic E-state index is 0.156. The van der Waals surface area contributed by atoms with Crippen molar-refractivity contribution in [2.45, 2.75) is 26.7 Å². The molecule has 0 saturated carbocycles. The van der Waals surface area contributed by atoms with Gasteiger partial charge in [0.15, 0.2) is 0 Å². The van der Waals surface area contributed by atoms with Gasteiger partial charge in [0, 0.05) is 5.57 Å². The van der Waals surface area contributed by atoms with Crippen LogP contribution in [0.5, 0.6) is 0 Å². The molecule has 0 saturated heterocycles. The van der Waals surface area contributed by atoms with E-state index in [2.05, 4.69) is 4.74 Å². The fourth-order valence-corrected chi connectivity index (χ4v) is 0.972.